The molecule has 0 aromatic carbocycles. The van der Waals surface area contributed by atoms with Crippen LogP contribution in [0.4, 0.5) is 0 Å². The van der Waals surface area contributed by atoms with E-state index in [4.69, 9.17) is 24.0 Å². The molecule has 2 bridgehead atoms. The molecule has 8 nitrogen and oxygen atoms in total. The number of carbonyl (C=O) groups excluding carboxylic acids is 2. The number of hydrogen-bond acceptors (Lipinski definition) is 8. The van der Waals surface area contributed by atoms with Crippen molar-refractivity contribution in [2.45, 2.75) is 128 Å². The molecule has 7 rings (SSSR count). The monoisotopic (exact) mass is 532 g/mol. The first kappa shape index (κ1) is 25.7. The lowest BCUT2D eigenvalue weighted by Gasteiger charge is -2.58. The maximum atomic E-state index is 12.7. The van der Waals surface area contributed by atoms with Crippen LogP contribution in [0.15, 0.2) is 0 Å². The van der Waals surface area contributed by atoms with Gasteiger partial charge in [-0.3, -0.25) is 9.59 Å². The highest BCUT2D eigenvalue weighted by Crippen LogP contribution is 2.73. The van der Waals surface area contributed by atoms with Crippen molar-refractivity contribution in [2.75, 3.05) is 0 Å². The Kier molecular flexibility index (Phi) is 5.24. The normalized spacial score (nSPS) is 58.7. The highest BCUT2D eigenvalue weighted by atomic mass is 17.2. The Morgan fingerprint density at radius 2 is 1.58 bits per heavy atom. The molecule has 0 aromatic rings. The van der Waals surface area contributed by atoms with Gasteiger partial charge in [0.05, 0.1) is 24.5 Å². The quantitative estimate of drug-likeness (QED) is 0.364. The number of ether oxygens (including phenoxy) is 3. The van der Waals surface area contributed by atoms with Crippen molar-refractivity contribution in [3.8, 4) is 0 Å². The number of esters is 2. The summed E-state index contributed by atoms with van der Waals surface area (Å²) in [5, 5.41) is 12.3. The number of aliphatic hydroxyl groups is 1. The molecule has 4 aliphatic heterocycles. The van der Waals surface area contributed by atoms with Crippen molar-refractivity contribution in [1.29, 1.82) is 0 Å². The molecule has 0 amide bonds. The lowest BCUT2D eigenvalue weighted by molar-refractivity contribution is -0.382. The fourth-order valence-corrected chi connectivity index (χ4v) is 11.3. The van der Waals surface area contributed by atoms with Crippen LogP contribution in [0.3, 0.4) is 0 Å². The summed E-state index contributed by atoms with van der Waals surface area (Å²) < 4.78 is 18.6. The largest absolute Gasteiger partial charge is 0.459 e. The second-order valence-corrected chi connectivity index (χ2v) is 15.1. The zero-order chi connectivity index (χ0) is 27.0. The molecular formula is C30H44O8. The summed E-state index contributed by atoms with van der Waals surface area (Å²) in [4.78, 5) is 37.4. The first-order valence-corrected chi connectivity index (χ1v) is 14.9. The summed E-state index contributed by atoms with van der Waals surface area (Å²) in [6, 6.07) is 0. The zero-order valence-electron chi connectivity index (χ0n) is 23.7. The summed E-state index contributed by atoms with van der Waals surface area (Å²) >= 11 is 0. The van der Waals surface area contributed by atoms with E-state index >= 15 is 0 Å². The molecule has 7 aliphatic rings. The van der Waals surface area contributed by atoms with Crippen molar-refractivity contribution >= 4 is 11.9 Å². The van der Waals surface area contributed by atoms with Gasteiger partial charge < -0.3 is 19.3 Å². The molecule has 38 heavy (non-hydrogen) atoms. The Hall–Kier alpha value is -1.22. The molecule has 3 saturated carbocycles. The van der Waals surface area contributed by atoms with E-state index < -0.39 is 23.1 Å². The van der Waals surface area contributed by atoms with Gasteiger partial charge in [-0.05, 0) is 80.5 Å². The third kappa shape index (κ3) is 3.18. The lowest BCUT2D eigenvalue weighted by atomic mass is 9.47. The van der Waals surface area contributed by atoms with E-state index in [0.29, 0.717) is 30.6 Å². The third-order valence-corrected chi connectivity index (χ3v) is 12.8. The molecule has 0 aromatic heterocycles. The Morgan fingerprint density at radius 1 is 0.842 bits per heavy atom. The summed E-state index contributed by atoms with van der Waals surface area (Å²) in [6.45, 7) is 13.0. The van der Waals surface area contributed by atoms with Crippen LogP contribution in [-0.2, 0) is 33.6 Å². The van der Waals surface area contributed by atoms with Crippen molar-refractivity contribution in [3.05, 3.63) is 0 Å². The van der Waals surface area contributed by atoms with E-state index in [1.807, 2.05) is 20.8 Å². The van der Waals surface area contributed by atoms with Gasteiger partial charge >= 0.3 is 11.9 Å². The van der Waals surface area contributed by atoms with Gasteiger partial charge in [-0.25, -0.2) is 9.78 Å². The molecule has 1 N–H and O–H groups in total. The number of fused-ring (bicyclic) bond motifs is 4. The van der Waals surface area contributed by atoms with Crippen LogP contribution in [-0.4, -0.2) is 52.3 Å². The second kappa shape index (κ2) is 7.74. The van der Waals surface area contributed by atoms with Gasteiger partial charge in [-0.1, -0.05) is 27.7 Å². The van der Waals surface area contributed by atoms with Gasteiger partial charge in [0.15, 0.2) is 0 Å². The van der Waals surface area contributed by atoms with Crippen LogP contribution in [0.25, 0.3) is 0 Å². The van der Waals surface area contributed by atoms with Crippen LogP contribution in [0.2, 0.25) is 0 Å². The van der Waals surface area contributed by atoms with E-state index in [-0.39, 0.29) is 59.2 Å². The van der Waals surface area contributed by atoms with Gasteiger partial charge in [0.25, 0.3) is 0 Å². The van der Waals surface area contributed by atoms with E-state index in [1.165, 1.54) is 0 Å². The molecule has 13 unspecified atom stereocenters. The Morgan fingerprint density at radius 3 is 2.29 bits per heavy atom. The van der Waals surface area contributed by atoms with Crippen LogP contribution >= 0.6 is 0 Å². The molecule has 0 radical (unpaired) electrons. The standard InChI is InChI=1S/C30H44O8/c1-15-10-29(11-16(2)25(32)36-29)34-20-14-27(5)18-7-8-21-26(3,4)35-23(31)9-22-30(21,33)12-17(18)19(37-38-22)13-28(27,6)24(15)20/h15-22,24,33H,7-14H2,1-6H3. The first-order valence-electron chi connectivity index (χ1n) is 14.9. The number of hydrogen-bond donors (Lipinski definition) is 1. The summed E-state index contributed by atoms with van der Waals surface area (Å²) in [5.41, 5.74) is -2.09. The highest BCUT2D eigenvalue weighted by Gasteiger charge is 2.73. The summed E-state index contributed by atoms with van der Waals surface area (Å²) in [7, 11) is 0. The minimum absolute atomic E-state index is 0.00384. The average Bonchev–Trinajstić information content (AvgIpc) is 3.00. The lowest BCUT2D eigenvalue weighted by Crippen LogP contribution is -2.57. The minimum Gasteiger partial charge on any atom is -0.459 e. The molecule has 3 aliphatic carbocycles. The van der Waals surface area contributed by atoms with Crippen molar-refractivity contribution < 1.29 is 38.7 Å². The van der Waals surface area contributed by atoms with Gasteiger partial charge in [0.1, 0.15) is 17.3 Å². The van der Waals surface area contributed by atoms with Crippen molar-refractivity contribution in [1.82, 2.24) is 0 Å². The van der Waals surface area contributed by atoms with Crippen molar-refractivity contribution in [3.63, 3.8) is 0 Å². The molecule has 8 heteroatoms. The summed E-state index contributed by atoms with van der Waals surface area (Å²) in [6.07, 6.45) is 4.47. The first-order chi connectivity index (χ1) is 17.7. The number of cyclic esters (lactones) is 1. The van der Waals surface area contributed by atoms with Gasteiger partial charge in [-0.15, -0.1) is 0 Å². The fraction of sp³-hybridized carbons (Fsp3) is 0.933. The van der Waals surface area contributed by atoms with Crippen LogP contribution in [0.1, 0.15) is 92.9 Å². The molecule has 7 fully saturated rings. The van der Waals surface area contributed by atoms with Gasteiger partial charge in [0, 0.05) is 18.8 Å². The predicted octanol–water partition coefficient (Wildman–Crippen LogP) is 4.32. The SMILES string of the molecule is CC1CC2(CC(C)C3C(CC4(C)C5CCC6C(C)(C)OC(=O)CC7OOC(CC34C)C5CC76O)O2)OC1=O. The molecule has 212 valence electrons. The second-order valence-electron chi connectivity index (χ2n) is 15.1. The van der Waals surface area contributed by atoms with E-state index in [2.05, 4.69) is 20.8 Å². The zero-order valence-corrected chi connectivity index (χ0v) is 23.7. The van der Waals surface area contributed by atoms with E-state index in [0.717, 1.165) is 32.1 Å². The Bertz CT molecular complexity index is 1060. The van der Waals surface area contributed by atoms with Gasteiger partial charge in [-0.2, -0.15) is 0 Å². The summed E-state index contributed by atoms with van der Waals surface area (Å²) in [5.74, 6) is -0.595. The molecule has 13 atom stereocenters. The molecule has 4 saturated heterocycles. The van der Waals surface area contributed by atoms with E-state index in [1.54, 1.807) is 0 Å². The maximum absolute atomic E-state index is 12.7. The molecular weight excluding hydrogens is 488 g/mol. The number of carbonyl (C=O) groups is 2. The fourth-order valence-electron chi connectivity index (χ4n) is 11.3. The van der Waals surface area contributed by atoms with Crippen LogP contribution in [0.5, 0.6) is 0 Å². The third-order valence-electron chi connectivity index (χ3n) is 12.8. The average molecular weight is 533 g/mol. The van der Waals surface area contributed by atoms with Crippen LogP contribution < -0.4 is 0 Å². The Balaban J connectivity index is 1.28. The minimum atomic E-state index is -1.19. The van der Waals surface area contributed by atoms with Gasteiger partial charge in [0.2, 0.25) is 5.79 Å². The number of rotatable bonds is 0. The topological polar surface area (TPSA) is 101 Å². The predicted molar refractivity (Wildman–Crippen MR) is 134 cm³/mol. The van der Waals surface area contributed by atoms with Crippen LogP contribution in [0, 0.1) is 46.3 Å². The smallest absolute Gasteiger partial charge is 0.311 e. The molecule has 4 heterocycles. The highest BCUT2D eigenvalue weighted by molar-refractivity contribution is 5.74. The molecule has 1 spiro atoms. The van der Waals surface area contributed by atoms with Crippen molar-refractivity contribution in [2.24, 2.45) is 46.3 Å². The van der Waals surface area contributed by atoms with E-state index in [9.17, 15) is 14.7 Å². The maximum Gasteiger partial charge on any atom is 0.311 e. The Labute approximate surface area is 225 Å².